The van der Waals surface area contributed by atoms with Gasteiger partial charge in [0.05, 0.1) is 17.4 Å². The van der Waals surface area contributed by atoms with Gasteiger partial charge in [-0.2, -0.15) is 0 Å². The first-order chi connectivity index (χ1) is 15.3. The van der Waals surface area contributed by atoms with Crippen molar-refractivity contribution in [2.45, 2.75) is 46.3 Å². The van der Waals surface area contributed by atoms with Crippen molar-refractivity contribution < 1.29 is 14.3 Å². The minimum absolute atomic E-state index is 0.330. The van der Waals surface area contributed by atoms with Crippen LogP contribution in [0.25, 0.3) is 0 Å². The maximum absolute atomic E-state index is 12.3. The summed E-state index contributed by atoms with van der Waals surface area (Å²) < 4.78 is 7.75. The number of hydrogen-bond donors (Lipinski definition) is 0. The van der Waals surface area contributed by atoms with Crippen LogP contribution < -0.4 is 9.64 Å². The summed E-state index contributed by atoms with van der Waals surface area (Å²) in [6.45, 7) is 7.62. The minimum Gasteiger partial charge on any atom is -0.487 e. The number of rotatable bonds is 8. The topological polar surface area (TPSA) is 77.3 Å². The summed E-state index contributed by atoms with van der Waals surface area (Å²) in [5, 5.41) is 8.79. The van der Waals surface area contributed by atoms with E-state index < -0.39 is 11.7 Å². The van der Waals surface area contributed by atoms with Crippen LogP contribution in [0.15, 0.2) is 42.6 Å². The van der Waals surface area contributed by atoms with Gasteiger partial charge >= 0.3 is 0 Å². The summed E-state index contributed by atoms with van der Waals surface area (Å²) in [5.41, 5.74) is 4.01. The summed E-state index contributed by atoms with van der Waals surface area (Å²) in [7, 11) is 0. The Hall–Kier alpha value is -3.19. The van der Waals surface area contributed by atoms with Crippen LogP contribution in [0, 0.1) is 6.92 Å². The quantitative estimate of drug-likeness (QED) is 0.468. The number of aromatic nitrogens is 3. The van der Waals surface area contributed by atoms with E-state index in [0.717, 1.165) is 22.6 Å². The monoisotopic (exact) mass is 452 g/mol. The minimum atomic E-state index is -0.519. The summed E-state index contributed by atoms with van der Waals surface area (Å²) in [6, 6.07) is 11.2. The van der Waals surface area contributed by atoms with Crippen molar-refractivity contribution in [3.05, 3.63) is 70.0 Å². The maximum Gasteiger partial charge on any atom is 0.299 e. The summed E-state index contributed by atoms with van der Waals surface area (Å²) in [5.74, 6) is 0.196. The van der Waals surface area contributed by atoms with Gasteiger partial charge in [-0.1, -0.05) is 42.8 Å². The molecular weight excluding hydrogens is 428 g/mol. The SMILES string of the molecule is Cc1ccc(C(C)C)c(OCc2cn(CCCN3C(=O)C(=O)c4cc(Cl)ccc43)nn2)c1. The van der Waals surface area contributed by atoms with Crippen molar-refractivity contribution in [3.63, 3.8) is 0 Å². The molecule has 8 heteroatoms. The largest absolute Gasteiger partial charge is 0.487 e. The lowest BCUT2D eigenvalue weighted by molar-refractivity contribution is -0.114. The predicted molar refractivity (Wildman–Crippen MR) is 122 cm³/mol. The molecule has 1 amide bonds. The number of anilines is 1. The lowest BCUT2D eigenvalue weighted by Gasteiger charge is -2.16. The molecule has 0 spiro atoms. The van der Waals surface area contributed by atoms with E-state index in [4.69, 9.17) is 16.3 Å². The molecule has 0 fully saturated rings. The molecule has 32 heavy (non-hydrogen) atoms. The van der Waals surface area contributed by atoms with E-state index in [9.17, 15) is 9.59 Å². The number of hydrogen-bond acceptors (Lipinski definition) is 5. The second-order valence-electron chi connectivity index (χ2n) is 8.26. The number of ether oxygens (including phenoxy) is 1. The fourth-order valence-corrected chi connectivity index (χ4v) is 3.97. The van der Waals surface area contributed by atoms with E-state index in [1.165, 1.54) is 4.90 Å². The lowest BCUT2D eigenvalue weighted by Crippen LogP contribution is -2.31. The van der Waals surface area contributed by atoms with E-state index >= 15 is 0 Å². The summed E-state index contributed by atoms with van der Waals surface area (Å²) in [4.78, 5) is 26.0. The van der Waals surface area contributed by atoms with Crippen molar-refractivity contribution in [2.75, 3.05) is 11.4 Å². The van der Waals surface area contributed by atoms with Gasteiger partial charge in [0.2, 0.25) is 0 Å². The highest BCUT2D eigenvalue weighted by Crippen LogP contribution is 2.31. The van der Waals surface area contributed by atoms with Gasteiger partial charge in [0.25, 0.3) is 11.7 Å². The van der Waals surface area contributed by atoms with Crippen LogP contribution in [0.2, 0.25) is 5.02 Å². The standard InChI is InChI=1S/C24H25ClN4O3/c1-15(2)19-7-5-16(3)11-22(19)32-14-18-13-28(27-26-18)9-4-10-29-21-8-6-17(25)12-20(21)23(30)24(29)31/h5-8,11-13,15H,4,9-10,14H2,1-3H3. The smallest absolute Gasteiger partial charge is 0.299 e. The van der Waals surface area contributed by atoms with Gasteiger partial charge in [-0.3, -0.25) is 14.3 Å². The van der Waals surface area contributed by atoms with Crippen LogP contribution in [0.1, 0.15) is 53.4 Å². The number of fused-ring (bicyclic) bond motifs is 1. The second kappa shape index (κ2) is 9.12. The fraction of sp³-hybridized carbons (Fsp3) is 0.333. The van der Waals surface area contributed by atoms with Crippen molar-refractivity contribution in [1.29, 1.82) is 0 Å². The Morgan fingerprint density at radius 3 is 2.69 bits per heavy atom. The van der Waals surface area contributed by atoms with Crippen LogP contribution in [0.4, 0.5) is 5.69 Å². The van der Waals surface area contributed by atoms with Crippen LogP contribution in [-0.4, -0.2) is 33.2 Å². The molecule has 2 heterocycles. The molecule has 0 saturated heterocycles. The van der Waals surface area contributed by atoms with Crippen molar-refractivity contribution in [3.8, 4) is 5.75 Å². The average molecular weight is 453 g/mol. The number of carbonyl (C=O) groups is 2. The molecule has 0 aliphatic carbocycles. The van der Waals surface area contributed by atoms with E-state index in [0.29, 0.717) is 48.3 Å². The van der Waals surface area contributed by atoms with Crippen molar-refractivity contribution in [1.82, 2.24) is 15.0 Å². The lowest BCUT2D eigenvalue weighted by atomic mass is 10.0. The normalized spacial score (nSPS) is 13.2. The van der Waals surface area contributed by atoms with E-state index in [-0.39, 0.29) is 0 Å². The predicted octanol–water partition coefficient (Wildman–Crippen LogP) is 4.56. The first-order valence-corrected chi connectivity index (χ1v) is 11.0. The number of Topliss-reactive ketones (excluding diaryl/α,β-unsaturated/α-hetero) is 1. The highest BCUT2D eigenvalue weighted by Gasteiger charge is 2.35. The van der Waals surface area contributed by atoms with Crippen LogP contribution in [-0.2, 0) is 17.9 Å². The molecule has 0 saturated carbocycles. The molecule has 1 aliphatic heterocycles. The molecule has 0 unspecified atom stereocenters. The highest BCUT2D eigenvalue weighted by atomic mass is 35.5. The highest BCUT2D eigenvalue weighted by molar-refractivity contribution is 6.52. The third-order valence-electron chi connectivity index (χ3n) is 5.46. The van der Waals surface area contributed by atoms with Gasteiger partial charge in [-0.15, -0.1) is 5.10 Å². The fourth-order valence-electron chi connectivity index (χ4n) is 3.79. The molecule has 1 aromatic heterocycles. The van der Waals surface area contributed by atoms with Crippen LogP contribution in [0.5, 0.6) is 5.75 Å². The van der Waals surface area contributed by atoms with Crippen molar-refractivity contribution >= 4 is 29.0 Å². The Morgan fingerprint density at radius 1 is 1.09 bits per heavy atom. The number of aryl methyl sites for hydroxylation is 2. The molecule has 0 bridgehead atoms. The number of ketones is 1. The van der Waals surface area contributed by atoms with Gasteiger partial charge in [0.15, 0.2) is 0 Å². The Balaban J connectivity index is 1.34. The summed E-state index contributed by atoms with van der Waals surface area (Å²) in [6.07, 6.45) is 2.47. The van der Waals surface area contributed by atoms with Gasteiger partial charge < -0.3 is 9.64 Å². The molecule has 7 nitrogen and oxygen atoms in total. The third kappa shape index (κ3) is 4.53. The molecule has 1 aliphatic rings. The van der Waals surface area contributed by atoms with Crippen LogP contribution >= 0.6 is 11.6 Å². The molecule has 4 rings (SSSR count). The Labute approximate surface area is 191 Å². The Bertz CT molecular complexity index is 1170. The van der Waals surface area contributed by atoms with Gasteiger partial charge in [-0.25, -0.2) is 0 Å². The number of amides is 1. The molecular formula is C24H25ClN4O3. The van der Waals surface area contributed by atoms with E-state index in [1.54, 1.807) is 22.9 Å². The van der Waals surface area contributed by atoms with Gasteiger partial charge in [-0.05, 0) is 54.7 Å². The number of carbonyl (C=O) groups excluding carboxylic acids is 2. The number of halogens is 1. The van der Waals surface area contributed by atoms with E-state index in [2.05, 4.69) is 36.3 Å². The second-order valence-corrected chi connectivity index (χ2v) is 8.69. The molecule has 0 radical (unpaired) electrons. The Kier molecular flexibility index (Phi) is 6.28. The molecule has 2 aromatic carbocycles. The van der Waals surface area contributed by atoms with Gasteiger partial charge in [0, 0.05) is 18.1 Å². The first-order valence-electron chi connectivity index (χ1n) is 10.6. The third-order valence-corrected chi connectivity index (χ3v) is 5.69. The zero-order valence-corrected chi connectivity index (χ0v) is 19.1. The summed E-state index contributed by atoms with van der Waals surface area (Å²) >= 11 is 5.96. The zero-order chi connectivity index (χ0) is 22.8. The number of nitrogens with zero attached hydrogens (tertiary/aromatic N) is 4. The van der Waals surface area contributed by atoms with E-state index in [1.807, 2.05) is 19.2 Å². The zero-order valence-electron chi connectivity index (χ0n) is 18.3. The van der Waals surface area contributed by atoms with Crippen molar-refractivity contribution in [2.24, 2.45) is 0 Å². The molecule has 3 aromatic rings. The van der Waals surface area contributed by atoms with Gasteiger partial charge in [0.1, 0.15) is 18.1 Å². The average Bonchev–Trinajstić information content (AvgIpc) is 3.30. The number of benzene rings is 2. The van der Waals surface area contributed by atoms with Crippen LogP contribution in [0.3, 0.4) is 0 Å². The maximum atomic E-state index is 12.3. The molecule has 0 N–H and O–H groups in total. The molecule has 166 valence electrons. The Morgan fingerprint density at radius 2 is 1.91 bits per heavy atom. The first kappa shape index (κ1) is 22.0. The molecule has 0 atom stereocenters.